The van der Waals surface area contributed by atoms with Gasteiger partial charge in [0.2, 0.25) is 10.0 Å². The van der Waals surface area contributed by atoms with Crippen molar-refractivity contribution < 1.29 is 8.42 Å². The molecule has 0 atom stereocenters. The highest BCUT2D eigenvalue weighted by Crippen LogP contribution is 2.16. The maximum absolute atomic E-state index is 10.9. The number of benzene rings is 1. The van der Waals surface area contributed by atoms with Crippen LogP contribution in [0.4, 0.5) is 0 Å². The molecule has 90 valence electrons. The van der Waals surface area contributed by atoms with Crippen LogP contribution in [0.1, 0.15) is 5.56 Å². The third-order valence-electron chi connectivity index (χ3n) is 1.90. The van der Waals surface area contributed by atoms with Gasteiger partial charge < -0.3 is 5.32 Å². The molecule has 4 nitrogen and oxygen atoms in total. The molecule has 0 aromatic heterocycles. The average Bonchev–Trinajstić information content (AvgIpc) is 2.24. The van der Waals surface area contributed by atoms with E-state index in [1.807, 2.05) is 31.3 Å². The fourth-order valence-electron chi connectivity index (χ4n) is 1.12. The molecule has 1 aromatic carbocycles. The van der Waals surface area contributed by atoms with Crippen molar-refractivity contribution in [3.63, 3.8) is 0 Å². The number of hydrogen-bond donors (Lipinski definition) is 2. The van der Waals surface area contributed by atoms with Crippen molar-refractivity contribution in [2.45, 2.75) is 11.3 Å². The minimum Gasteiger partial charge on any atom is -0.319 e. The second-order valence-electron chi connectivity index (χ2n) is 3.46. The van der Waals surface area contributed by atoms with Crippen molar-refractivity contribution in [2.75, 3.05) is 19.8 Å². The fourth-order valence-corrected chi connectivity index (χ4v) is 2.38. The van der Waals surface area contributed by atoms with Crippen molar-refractivity contribution in [1.82, 2.24) is 9.44 Å². The first-order chi connectivity index (χ1) is 7.51. The molecule has 0 unspecified atom stereocenters. The lowest BCUT2D eigenvalue weighted by atomic mass is 10.1. The van der Waals surface area contributed by atoms with Gasteiger partial charge in [-0.25, -0.2) is 8.42 Å². The Morgan fingerprint density at radius 1 is 1.25 bits per heavy atom. The van der Waals surface area contributed by atoms with Crippen LogP contribution >= 0.6 is 11.9 Å². The van der Waals surface area contributed by atoms with E-state index in [1.165, 1.54) is 5.56 Å². The Morgan fingerprint density at radius 3 is 2.38 bits per heavy atom. The summed E-state index contributed by atoms with van der Waals surface area (Å²) >= 11 is 1.11. The molecule has 0 fully saturated rings. The number of rotatable bonds is 6. The van der Waals surface area contributed by atoms with Crippen LogP contribution in [0.5, 0.6) is 0 Å². The first-order valence-corrected chi connectivity index (χ1v) is 7.59. The highest BCUT2D eigenvalue weighted by atomic mass is 32.3. The number of nitrogens with one attached hydrogen (secondary N) is 2. The molecule has 0 radical (unpaired) electrons. The summed E-state index contributed by atoms with van der Waals surface area (Å²) in [5, 5.41) is 3.08. The Hall–Kier alpha value is -0.560. The van der Waals surface area contributed by atoms with Gasteiger partial charge in [0, 0.05) is 4.90 Å². The third kappa shape index (κ3) is 5.50. The van der Waals surface area contributed by atoms with Crippen LogP contribution in [0.15, 0.2) is 29.2 Å². The van der Waals surface area contributed by atoms with Gasteiger partial charge in [-0.2, -0.15) is 4.13 Å². The maximum Gasteiger partial charge on any atom is 0.218 e. The maximum atomic E-state index is 10.9. The van der Waals surface area contributed by atoms with Gasteiger partial charge in [-0.05, 0) is 49.7 Å². The van der Waals surface area contributed by atoms with E-state index in [0.717, 1.165) is 36.1 Å². The third-order valence-corrected chi connectivity index (χ3v) is 3.95. The zero-order valence-electron chi connectivity index (χ0n) is 9.36. The van der Waals surface area contributed by atoms with E-state index in [0.29, 0.717) is 0 Å². The smallest absolute Gasteiger partial charge is 0.218 e. The lowest BCUT2D eigenvalue weighted by Crippen LogP contribution is -2.13. The second kappa shape index (κ2) is 6.24. The van der Waals surface area contributed by atoms with Gasteiger partial charge in [0.05, 0.1) is 6.26 Å². The summed E-state index contributed by atoms with van der Waals surface area (Å²) in [6.07, 6.45) is 2.11. The molecular weight excluding hydrogens is 244 g/mol. The molecule has 16 heavy (non-hydrogen) atoms. The van der Waals surface area contributed by atoms with Crippen LogP contribution in [0.25, 0.3) is 0 Å². The summed E-state index contributed by atoms with van der Waals surface area (Å²) in [5.74, 6) is 0. The second-order valence-corrected chi connectivity index (χ2v) is 6.34. The van der Waals surface area contributed by atoms with Gasteiger partial charge in [0.1, 0.15) is 0 Å². The number of likely N-dealkylation sites (N-methyl/N-ethyl adjacent to an activating group) is 1. The highest BCUT2D eigenvalue weighted by molar-refractivity contribution is 8.09. The molecule has 1 aromatic rings. The molecule has 2 N–H and O–H groups in total. The van der Waals surface area contributed by atoms with E-state index in [2.05, 4.69) is 9.44 Å². The number of hydrogen-bond acceptors (Lipinski definition) is 4. The van der Waals surface area contributed by atoms with Crippen molar-refractivity contribution in [2.24, 2.45) is 0 Å². The van der Waals surface area contributed by atoms with E-state index >= 15 is 0 Å². The van der Waals surface area contributed by atoms with E-state index < -0.39 is 10.0 Å². The van der Waals surface area contributed by atoms with Gasteiger partial charge in [-0.1, -0.05) is 12.1 Å². The Labute approximate surface area is 101 Å². The van der Waals surface area contributed by atoms with Crippen LogP contribution in [0, 0.1) is 0 Å². The monoisotopic (exact) mass is 260 g/mol. The van der Waals surface area contributed by atoms with Crippen LogP contribution < -0.4 is 9.44 Å². The van der Waals surface area contributed by atoms with E-state index in [-0.39, 0.29) is 0 Å². The number of sulfonamides is 1. The Kier molecular flexibility index (Phi) is 5.27. The predicted molar refractivity (Wildman–Crippen MR) is 67.9 cm³/mol. The Balaban J connectivity index is 2.51. The summed E-state index contributed by atoms with van der Waals surface area (Å²) in [4.78, 5) is 0.888. The van der Waals surface area contributed by atoms with Crippen molar-refractivity contribution >= 4 is 22.0 Å². The van der Waals surface area contributed by atoms with Crippen LogP contribution in [-0.2, 0) is 16.4 Å². The zero-order chi connectivity index (χ0) is 12.0. The molecule has 0 saturated carbocycles. The van der Waals surface area contributed by atoms with Gasteiger partial charge in [-0.15, -0.1) is 0 Å². The summed E-state index contributed by atoms with van der Waals surface area (Å²) in [5.41, 5.74) is 1.23. The van der Waals surface area contributed by atoms with Gasteiger partial charge >= 0.3 is 0 Å². The first kappa shape index (κ1) is 13.5. The zero-order valence-corrected chi connectivity index (χ0v) is 11.0. The van der Waals surface area contributed by atoms with Crippen LogP contribution in [-0.4, -0.2) is 28.3 Å². The first-order valence-electron chi connectivity index (χ1n) is 4.88. The summed E-state index contributed by atoms with van der Waals surface area (Å²) in [7, 11) is -1.23. The summed E-state index contributed by atoms with van der Waals surface area (Å²) < 4.78 is 24.1. The van der Waals surface area contributed by atoms with Gasteiger partial charge in [0.15, 0.2) is 0 Å². The molecule has 1 rings (SSSR count). The van der Waals surface area contributed by atoms with Crippen LogP contribution in [0.3, 0.4) is 0 Å². The molecule has 0 heterocycles. The Bertz CT molecular complexity index is 415. The van der Waals surface area contributed by atoms with Gasteiger partial charge in [-0.3, -0.25) is 0 Å². The SMILES string of the molecule is CNCCc1ccc(SNS(C)(=O)=O)cc1. The fraction of sp³-hybridized carbons (Fsp3) is 0.400. The molecule has 0 aliphatic carbocycles. The van der Waals surface area contributed by atoms with Crippen LogP contribution in [0.2, 0.25) is 0 Å². The molecule has 0 aliphatic heterocycles. The molecule has 0 saturated heterocycles. The topological polar surface area (TPSA) is 58.2 Å². The molecule has 0 spiro atoms. The Morgan fingerprint density at radius 2 is 1.88 bits per heavy atom. The average molecular weight is 260 g/mol. The minimum atomic E-state index is -3.14. The highest BCUT2D eigenvalue weighted by Gasteiger charge is 2.01. The van der Waals surface area contributed by atoms with Gasteiger partial charge in [0.25, 0.3) is 0 Å². The van der Waals surface area contributed by atoms with Crippen molar-refractivity contribution in [1.29, 1.82) is 0 Å². The quantitative estimate of drug-likeness (QED) is 0.749. The van der Waals surface area contributed by atoms with Crippen molar-refractivity contribution in [3.05, 3.63) is 29.8 Å². The molecular formula is C10H16N2O2S2. The van der Waals surface area contributed by atoms with Crippen molar-refractivity contribution in [3.8, 4) is 0 Å². The predicted octanol–water partition coefficient (Wildman–Crippen LogP) is 1.00. The lowest BCUT2D eigenvalue weighted by Gasteiger charge is -2.04. The summed E-state index contributed by atoms with van der Waals surface area (Å²) in [6, 6.07) is 7.83. The molecule has 0 aliphatic rings. The van der Waals surface area contributed by atoms with E-state index in [1.54, 1.807) is 0 Å². The lowest BCUT2D eigenvalue weighted by molar-refractivity contribution is 0.600. The minimum absolute atomic E-state index is 0.888. The molecule has 0 amide bonds. The normalized spacial score (nSPS) is 11.6. The molecule has 0 bridgehead atoms. The van der Waals surface area contributed by atoms with E-state index in [9.17, 15) is 8.42 Å². The standard InChI is InChI=1S/C10H16N2O2S2/c1-11-8-7-9-3-5-10(6-4-9)15-12-16(2,13)14/h3-6,11-12H,7-8H2,1-2H3. The molecule has 6 heteroatoms. The largest absolute Gasteiger partial charge is 0.319 e. The van der Waals surface area contributed by atoms with E-state index in [4.69, 9.17) is 0 Å². The summed E-state index contributed by atoms with van der Waals surface area (Å²) in [6.45, 7) is 0.939.